The normalized spacial score (nSPS) is 12.3. The van der Waals surface area contributed by atoms with Gasteiger partial charge >= 0.3 is 0 Å². The van der Waals surface area contributed by atoms with Crippen LogP contribution in [0.1, 0.15) is 16.7 Å². The van der Waals surface area contributed by atoms with E-state index in [0.29, 0.717) is 5.52 Å². The average Bonchev–Trinajstić information content (AvgIpc) is 2.79. The summed E-state index contributed by atoms with van der Waals surface area (Å²) in [6.07, 6.45) is 3.15. The molecular formula is C26H21N3O2S. The third-order valence-electron chi connectivity index (χ3n) is 5.49. The molecule has 2 heterocycles. The van der Waals surface area contributed by atoms with E-state index >= 15 is 0 Å². The molecule has 3 aromatic carbocycles. The molecule has 0 unspecified atom stereocenters. The number of nitrogens with zero attached hydrogens (tertiary/aromatic N) is 1. The molecule has 6 heteroatoms. The van der Waals surface area contributed by atoms with Crippen LogP contribution in [0.5, 0.6) is 0 Å². The number of rotatable bonds is 3. The first-order chi connectivity index (χ1) is 15.5. The predicted molar refractivity (Wildman–Crippen MR) is 131 cm³/mol. The molecular weight excluding hydrogens is 418 g/mol. The number of fused-ring (bicyclic) bond motifs is 3. The second-order valence-corrected chi connectivity index (χ2v) is 8.85. The molecule has 1 aromatic heterocycles. The van der Waals surface area contributed by atoms with Gasteiger partial charge in [0.05, 0.1) is 16.9 Å². The number of pyridine rings is 1. The molecule has 0 radical (unpaired) electrons. The van der Waals surface area contributed by atoms with E-state index in [1.165, 1.54) is 15.6 Å². The standard InChI is InChI=1S/C26H21N3O2S/c1-16-7-6-10-22-26(16)27-20-15-21-19(14-23(20)32-22)17(2)13-25(31)29(21)28-24(30)12-11-18-8-4-3-5-9-18/h3-15,27H,1-2H3,(H,28,30)/b12-11+. The summed E-state index contributed by atoms with van der Waals surface area (Å²) in [5.74, 6) is -0.373. The Balaban J connectivity index is 1.55. The first-order valence-electron chi connectivity index (χ1n) is 10.3. The van der Waals surface area contributed by atoms with Gasteiger partial charge in [-0.1, -0.05) is 54.2 Å². The number of carbonyl (C=O) groups is 1. The monoisotopic (exact) mass is 439 g/mol. The zero-order valence-corrected chi connectivity index (χ0v) is 18.5. The number of hydrogen-bond acceptors (Lipinski definition) is 4. The maximum absolute atomic E-state index is 12.8. The number of carbonyl (C=O) groups excluding carboxylic acids is 1. The fourth-order valence-corrected chi connectivity index (χ4v) is 4.93. The molecule has 2 N–H and O–H groups in total. The number of amides is 1. The van der Waals surface area contributed by atoms with Gasteiger partial charge in [-0.05, 0) is 54.8 Å². The SMILES string of the molecule is Cc1cccc2c1Nc1cc3c(cc1S2)c(C)cc(=O)n3NC(=O)/C=C/c1ccccc1. The molecule has 158 valence electrons. The van der Waals surface area contributed by atoms with Crippen molar-refractivity contribution in [3.05, 3.63) is 99.9 Å². The van der Waals surface area contributed by atoms with E-state index in [1.807, 2.05) is 43.3 Å². The maximum atomic E-state index is 12.8. The van der Waals surface area contributed by atoms with Gasteiger partial charge in [0.25, 0.3) is 11.5 Å². The number of nitrogens with one attached hydrogen (secondary N) is 2. The van der Waals surface area contributed by atoms with Crippen molar-refractivity contribution in [1.82, 2.24) is 4.68 Å². The van der Waals surface area contributed by atoms with Crippen molar-refractivity contribution in [2.45, 2.75) is 23.6 Å². The van der Waals surface area contributed by atoms with Crippen molar-refractivity contribution in [2.75, 3.05) is 10.7 Å². The fraction of sp³-hybridized carbons (Fsp3) is 0.0769. The van der Waals surface area contributed by atoms with Gasteiger partial charge in [-0.3, -0.25) is 15.0 Å². The molecule has 1 aliphatic heterocycles. The lowest BCUT2D eigenvalue weighted by Crippen LogP contribution is -2.32. The van der Waals surface area contributed by atoms with Crippen LogP contribution < -0.4 is 16.3 Å². The molecule has 0 aliphatic carbocycles. The van der Waals surface area contributed by atoms with Gasteiger partial charge in [-0.15, -0.1) is 0 Å². The van der Waals surface area contributed by atoms with Crippen molar-refractivity contribution in [2.24, 2.45) is 0 Å². The summed E-state index contributed by atoms with van der Waals surface area (Å²) < 4.78 is 1.32. The lowest BCUT2D eigenvalue weighted by Gasteiger charge is -2.24. The second kappa shape index (κ2) is 8.05. The third-order valence-corrected chi connectivity index (χ3v) is 6.60. The molecule has 5 nitrogen and oxygen atoms in total. The predicted octanol–water partition coefficient (Wildman–Crippen LogP) is 5.61. The maximum Gasteiger partial charge on any atom is 0.270 e. The number of aromatic nitrogens is 1. The van der Waals surface area contributed by atoms with Gasteiger partial charge in [0.2, 0.25) is 0 Å². The fourth-order valence-electron chi connectivity index (χ4n) is 3.84. The molecule has 0 atom stereocenters. The molecule has 0 fully saturated rings. The highest BCUT2D eigenvalue weighted by molar-refractivity contribution is 7.99. The van der Waals surface area contributed by atoms with E-state index in [0.717, 1.165) is 38.3 Å². The largest absolute Gasteiger partial charge is 0.353 e. The first kappa shape index (κ1) is 20.2. The van der Waals surface area contributed by atoms with E-state index in [9.17, 15) is 9.59 Å². The van der Waals surface area contributed by atoms with Crippen LogP contribution in [0.3, 0.4) is 0 Å². The van der Waals surface area contributed by atoms with E-state index < -0.39 is 0 Å². The van der Waals surface area contributed by atoms with Crippen molar-refractivity contribution >= 4 is 46.0 Å². The highest BCUT2D eigenvalue weighted by Crippen LogP contribution is 2.46. The minimum Gasteiger partial charge on any atom is -0.353 e. The Kier molecular flexibility index (Phi) is 5.07. The molecule has 1 aliphatic rings. The smallest absolute Gasteiger partial charge is 0.270 e. The number of anilines is 2. The first-order valence-corrected chi connectivity index (χ1v) is 11.1. The van der Waals surface area contributed by atoms with Crippen molar-refractivity contribution in [3.63, 3.8) is 0 Å². The van der Waals surface area contributed by atoms with Crippen LogP contribution in [0.4, 0.5) is 11.4 Å². The molecule has 32 heavy (non-hydrogen) atoms. The topological polar surface area (TPSA) is 63.1 Å². The molecule has 0 bridgehead atoms. The molecule has 1 amide bonds. The molecule has 5 rings (SSSR count). The van der Waals surface area contributed by atoms with E-state index in [1.54, 1.807) is 23.9 Å². The Bertz CT molecular complexity index is 1460. The third kappa shape index (κ3) is 3.69. The summed E-state index contributed by atoms with van der Waals surface area (Å²) in [7, 11) is 0. The van der Waals surface area contributed by atoms with Gasteiger partial charge in [0, 0.05) is 27.3 Å². The summed E-state index contributed by atoms with van der Waals surface area (Å²) in [6, 6.07) is 21.3. The van der Waals surface area contributed by atoms with Crippen LogP contribution in [-0.4, -0.2) is 10.6 Å². The zero-order chi connectivity index (χ0) is 22.2. The number of hydrogen-bond donors (Lipinski definition) is 2. The lowest BCUT2D eigenvalue weighted by atomic mass is 10.1. The van der Waals surface area contributed by atoms with Crippen molar-refractivity contribution in [3.8, 4) is 0 Å². The van der Waals surface area contributed by atoms with Crippen LogP contribution in [0.25, 0.3) is 17.0 Å². The van der Waals surface area contributed by atoms with Gasteiger partial charge in [-0.25, -0.2) is 4.68 Å². The van der Waals surface area contributed by atoms with Crippen molar-refractivity contribution in [1.29, 1.82) is 0 Å². The molecule has 0 spiro atoms. The number of benzene rings is 3. The van der Waals surface area contributed by atoms with Crippen LogP contribution in [0, 0.1) is 13.8 Å². The second-order valence-electron chi connectivity index (χ2n) is 7.76. The van der Waals surface area contributed by atoms with Crippen molar-refractivity contribution < 1.29 is 4.79 Å². The highest BCUT2D eigenvalue weighted by Gasteiger charge is 2.20. The lowest BCUT2D eigenvalue weighted by molar-refractivity contribution is -0.112. The molecule has 4 aromatic rings. The van der Waals surface area contributed by atoms with Crippen LogP contribution in [0.2, 0.25) is 0 Å². The van der Waals surface area contributed by atoms with Gasteiger partial charge in [0.15, 0.2) is 0 Å². The van der Waals surface area contributed by atoms with Gasteiger partial charge in [-0.2, -0.15) is 0 Å². The van der Waals surface area contributed by atoms with Gasteiger partial charge < -0.3 is 5.32 Å². The molecule has 0 saturated heterocycles. The van der Waals surface area contributed by atoms with Crippen LogP contribution >= 0.6 is 11.8 Å². The summed E-state index contributed by atoms with van der Waals surface area (Å²) in [5.41, 5.74) is 8.02. The average molecular weight is 440 g/mol. The van der Waals surface area contributed by atoms with Crippen LogP contribution in [0.15, 0.2) is 87.4 Å². The Hall–Kier alpha value is -3.77. The highest BCUT2D eigenvalue weighted by atomic mass is 32.2. The van der Waals surface area contributed by atoms with E-state index in [4.69, 9.17) is 0 Å². The van der Waals surface area contributed by atoms with Crippen LogP contribution in [-0.2, 0) is 4.79 Å². The number of aryl methyl sites for hydroxylation is 2. The Labute approximate surface area is 189 Å². The van der Waals surface area contributed by atoms with Gasteiger partial charge in [0.1, 0.15) is 0 Å². The number of para-hydroxylation sites is 1. The summed E-state index contributed by atoms with van der Waals surface area (Å²) in [4.78, 5) is 27.6. The molecule has 0 saturated carbocycles. The minimum atomic E-state index is -0.373. The summed E-state index contributed by atoms with van der Waals surface area (Å²) in [5, 5.41) is 4.42. The quantitative estimate of drug-likeness (QED) is 0.359. The Morgan fingerprint density at radius 3 is 2.59 bits per heavy atom. The zero-order valence-electron chi connectivity index (χ0n) is 17.7. The minimum absolute atomic E-state index is 0.281. The Morgan fingerprint density at radius 1 is 0.969 bits per heavy atom. The summed E-state index contributed by atoms with van der Waals surface area (Å²) >= 11 is 1.70. The van der Waals surface area contributed by atoms with E-state index in [-0.39, 0.29) is 11.5 Å². The van der Waals surface area contributed by atoms with E-state index in [2.05, 4.69) is 41.9 Å². The summed E-state index contributed by atoms with van der Waals surface area (Å²) in [6.45, 7) is 3.98. The Morgan fingerprint density at radius 2 is 1.78 bits per heavy atom.